The van der Waals surface area contributed by atoms with Crippen molar-refractivity contribution in [1.29, 1.82) is 5.26 Å². The van der Waals surface area contributed by atoms with Crippen LogP contribution < -0.4 is 0 Å². The molecular weight excluding hydrogens is 344 g/mol. The molecule has 27 heavy (non-hydrogen) atoms. The number of nitrogens with zero attached hydrogens (tertiary/aromatic N) is 2. The van der Waals surface area contributed by atoms with Crippen LogP contribution in [0.3, 0.4) is 0 Å². The van der Waals surface area contributed by atoms with Crippen LogP contribution in [-0.4, -0.2) is 10.7 Å². The van der Waals surface area contributed by atoms with Crippen molar-refractivity contribution in [3.05, 3.63) is 93.2 Å². The van der Waals surface area contributed by atoms with E-state index in [1.54, 1.807) is 61.5 Å². The molecule has 132 valence electrons. The predicted octanol–water partition coefficient (Wildman–Crippen LogP) is 4.95. The fraction of sp³-hybridized carbons (Fsp3) is 0.0476. The number of hydrogen-bond donors (Lipinski definition) is 0. The second-order valence-corrected chi connectivity index (χ2v) is 5.83. The third-order valence-corrected chi connectivity index (χ3v) is 4.00. The molecule has 0 amide bonds. The molecule has 3 rings (SSSR count). The molecule has 0 atom stereocenters. The van der Waals surface area contributed by atoms with E-state index in [0.717, 1.165) is 0 Å². The molecular formula is C21H14N2O4. The van der Waals surface area contributed by atoms with Gasteiger partial charge in [-0.2, -0.15) is 5.26 Å². The third-order valence-electron chi connectivity index (χ3n) is 4.00. The average molecular weight is 358 g/mol. The van der Waals surface area contributed by atoms with E-state index in [-0.39, 0.29) is 11.3 Å². The molecule has 0 aliphatic rings. The van der Waals surface area contributed by atoms with Crippen LogP contribution in [0.1, 0.15) is 21.7 Å². The highest BCUT2D eigenvalue weighted by Crippen LogP contribution is 2.29. The smallest absolute Gasteiger partial charge is 0.273 e. The van der Waals surface area contributed by atoms with E-state index in [9.17, 15) is 20.2 Å². The molecule has 6 heteroatoms. The number of nitro groups is 1. The van der Waals surface area contributed by atoms with Gasteiger partial charge in [0, 0.05) is 28.8 Å². The van der Waals surface area contributed by atoms with Crippen molar-refractivity contribution in [1.82, 2.24) is 0 Å². The topological polar surface area (TPSA) is 97.1 Å². The monoisotopic (exact) mass is 358 g/mol. The Morgan fingerprint density at radius 3 is 2.56 bits per heavy atom. The average Bonchev–Trinajstić information content (AvgIpc) is 3.15. The minimum atomic E-state index is -0.450. The molecule has 6 nitrogen and oxygen atoms in total. The van der Waals surface area contributed by atoms with Gasteiger partial charge in [-0.05, 0) is 19.1 Å². The van der Waals surface area contributed by atoms with Crippen LogP contribution in [-0.2, 0) is 0 Å². The number of carbonyl (C=O) groups is 1. The van der Waals surface area contributed by atoms with Crippen LogP contribution in [0.5, 0.6) is 0 Å². The lowest BCUT2D eigenvalue weighted by molar-refractivity contribution is -0.385. The van der Waals surface area contributed by atoms with Crippen molar-refractivity contribution in [2.45, 2.75) is 6.92 Å². The Morgan fingerprint density at radius 2 is 1.89 bits per heavy atom. The van der Waals surface area contributed by atoms with E-state index >= 15 is 0 Å². The molecule has 1 aromatic heterocycles. The third kappa shape index (κ3) is 3.83. The number of nitro benzene ring substituents is 1. The van der Waals surface area contributed by atoms with Crippen molar-refractivity contribution >= 4 is 17.5 Å². The van der Waals surface area contributed by atoms with Gasteiger partial charge >= 0.3 is 0 Å². The number of aryl methyl sites for hydroxylation is 1. The van der Waals surface area contributed by atoms with Gasteiger partial charge in [-0.25, -0.2) is 0 Å². The molecule has 0 aliphatic carbocycles. The number of ketones is 1. The first-order chi connectivity index (χ1) is 13.0. The van der Waals surface area contributed by atoms with Crippen molar-refractivity contribution in [2.24, 2.45) is 0 Å². The maximum Gasteiger partial charge on any atom is 0.273 e. The summed E-state index contributed by atoms with van der Waals surface area (Å²) in [5.41, 5.74) is 1.44. The summed E-state index contributed by atoms with van der Waals surface area (Å²) in [6.45, 7) is 1.66. The first-order valence-electron chi connectivity index (χ1n) is 8.06. The molecule has 0 unspecified atom stereocenters. The van der Waals surface area contributed by atoms with Crippen LogP contribution in [0.4, 0.5) is 5.69 Å². The number of Topliss-reactive ketones (excluding diaryl/α,β-unsaturated/α-hetero) is 1. The molecule has 0 radical (unpaired) electrons. The van der Waals surface area contributed by atoms with Crippen LogP contribution in [0.25, 0.3) is 17.4 Å². The molecule has 2 aromatic carbocycles. The van der Waals surface area contributed by atoms with Crippen LogP contribution in [0.15, 0.2) is 70.7 Å². The standard InChI is InChI=1S/C21H14N2O4/c1-14-7-8-16(12-19(14)23(25)26)20-10-9-18(27-20)11-17(13-22)21(24)15-5-3-2-4-6-15/h2-12H,1H3/b17-11+. The van der Waals surface area contributed by atoms with E-state index in [1.165, 1.54) is 12.1 Å². The molecule has 0 aliphatic heterocycles. The second kappa shape index (κ2) is 7.50. The summed E-state index contributed by atoms with van der Waals surface area (Å²) in [5.74, 6) is 0.324. The lowest BCUT2D eigenvalue weighted by Crippen LogP contribution is -2.01. The Labute approximate surface area is 155 Å². The van der Waals surface area contributed by atoms with E-state index in [1.807, 2.05) is 6.07 Å². The summed E-state index contributed by atoms with van der Waals surface area (Å²) in [7, 11) is 0. The van der Waals surface area contributed by atoms with Gasteiger partial charge in [0.05, 0.1) is 4.92 Å². The lowest BCUT2D eigenvalue weighted by atomic mass is 10.0. The van der Waals surface area contributed by atoms with Gasteiger partial charge in [0.25, 0.3) is 5.69 Å². The summed E-state index contributed by atoms with van der Waals surface area (Å²) >= 11 is 0. The first-order valence-corrected chi connectivity index (χ1v) is 8.06. The minimum absolute atomic E-state index is 0.00189. The molecule has 0 saturated heterocycles. The highest BCUT2D eigenvalue weighted by molar-refractivity contribution is 6.13. The van der Waals surface area contributed by atoms with E-state index in [0.29, 0.717) is 28.2 Å². The van der Waals surface area contributed by atoms with Crippen LogP contribution in [0, 0.1) is 28.4 Å². The fourth-order valence-corrected chi connectivity index (χ4v) is 2.58. The maximum absolute atomic E-state index is 12.4. The molecule has 0 fully saturated rings. The van der Waals surface area contributed by atoms with Gasteiger partial charge in [0.1, 0.15) is 23.2 Å². The molecule has 0 N–H and O–H groups in total. The summed E-state index contributed by atoms with van der Waals surface area (Å²) < 4.78 is 5.66. The van der Waals surface area contributed by atoms with Gasteiger partial charge in [0.2, 0.25) is 5.78 Å². The van der Waals surface area contributed by atoms with Crippen molar-refractivity contribution in [3.63, 3.8) is 0 Å². The van der Waals surface area contributed by atoms with Gasteiger partial charge in [-0.1, -0.05) is 42.5 Å². The van der Waals surface area contributed by atoms with Crippen molar-refractivity contribution in [3.8, 4) is 17.4 Å². The van der Waals surface area contributed by atoms with Crippen LogP contribution in [0.2, 0.25) is 0 Å². The first kappa shape index (κ1) is 17.8. The van der Waals surface area contributed by atoms with E-state index in [2.05, 4.69) is 0 Å². The Balaban J connectivity index is 1.92. The van der Waals surface area contributed by atoms with Gasteiger partial charge in [0.15, 0.2) is 0 Å². The fourth-order valence-electron chi connectivity index (χ4n) is 2.58. The number of allylic oxidation sites excluding steroid dienone is 1. The Kier molecular flexibility index (Phi) is 4.95. The molecule has 3 aromatic rings. The van der Waals surface area contributed by atoms with Crippen molar-refractivity contribution in [2.75, 3.05) is 0 Å². The zero-order valence-electron chi connectivity index (χ0n) is 14.4. The minimum Gasteiger partial charge on any atom is -0.457 e. The normalized spacial score (nSPS) is 11.0. The molecule has 0 saturated carbocycles. The highest BCUT2D eigenvalue weighted by atomic mass is 16.6. The summed E-state index contributed by atoms with van der Waals surface area (Å²) in [5, 5.41) is 20.4. The summed E-state index contributed by atoms with van der Waals surface area (Å²) in [6, 6.07) is 18.4. The lowest BCUT2D eigenvalue weighted by Gasteiger charge is -2.00. The number of rotatable bonds is 5. The van der Waals surface area contributed by atoms with Gasteiger partial charge < -0.3 is 4.42 Å². The zero-order valence-corrected chi connectivity index (χ0v) is 14.4. The summed E-state index contributed by atoms with van der Waals surface area (Å²) in [6.07, 6.45) is 1.36. The second-order valence-electron chi connectivity index (χ2n) is 5.83. The van der Waals surface area contributed by atoms with Crippen LogP contribution >= 0.6 is 0 Å². The number of nitriles is 1. The SMILES string of the molecule is Cc1ccc(-c2ccc(/C=C(\C#N)C(=O)c3ccccc3)o2)cc1[N+](=O)[O-]. The predicted molar refractivity (Wildman–Crippen MR) is 99.9 cm³/mol. The van der Waals surface area contributed by atoms with Gasteiger partial charge in [-0.3, -0.25) is 14.9 Å². The van der Waals surface area contributed by atoms with Crippen molar-refractivity contribution < 1.29 is 14.1 Å². The molecule has 0 spiro atoms. The maximum atomic E-state index is 12.4. The Morgan fingerprint density at radius 1 is 1.15 bits per heavy atom. The Hall–Kier alpha value is -3.98. The highest BCUT2D eigenvalue weighted by Gasteiger charge is 2.15. The molecule has 0 bridgehead atoms. The Bertz CT molecular complexity index is 1090. The largest absolute Gasteiger partial charge is 0.457 e. The quantitative estimate of drug-likeness (QED) is 0.211. The number of furan rings is 1. The zero-order chi connectivity index (χ0) is 19.4. The number of hydrogen-bond acceptors (Lipinski definition) is 5. The molecule has 1 heterocycles. The van der Waals surface area contributed by atoms with Gasteiger partial charge in [-0.15, -0.1) is 0 Å². The summed E-state index contributed by atoms with van der Waals surface area (Å²) in [4.78, 5) is 23.1. The van der Waals surface area contributed by atoms with E-state index < -0.39 is 10.7 Å². The van der Waals surface area contributed by atoms with E-state index in [4.69, 9.17) is 4.42 Å². The number of benzene rings is 2. The number of carbonyl (C=O) groups excluding carboxylic acids is 1.